The van der Waals surface area contributed by atoms with E-state index in [1.54, 1.807) is 0 Å². The van der Waals surface area contributed by atoms with Crippen LogP contribution in [-0.2, 0) is 15.6 Å². The first-order chi connectivity index (χ1) is 10.3. The van der Waals surface area contributed by atoms with Crippen molar-refractivity contribution in [2.24, 2.45) is 0 Å². The van der Waals surface area contributed by atoms with E-state index < -0.39 is 21.8 Å². The van der Waals surface area contributed by atoms with Gasteiger partial charge >= 0.3 is 0 Å². The van der Waals surface area contributed by atoms with Crippen molar-refractivity contribution < 1.29 is 17.9 Å². The molecule has 0 spiro atoms. The molecule has 0 aliphatic carbocycles. The van der Waals surface area contributed by atoms with E-state index in [4.69, 9.17) is 0 Å². The maximum atomic E-state index is 12.9. The van der Waals surface area contributed by atoms with Crippen molar-refractivity contribution in [3.05, 3.63) is 70.5 Å². The van der Waals surface area contributed by atoms with Gasteiger partial charge in [-0.25, -0.2) is 12.8 Å². The summed E-state index contributed by atoms with van der Waals surface area (Å²) in [5.74, 6) is -0.917. The molecule has 0 aromatic heterocycles. The number of aryl methyl sites for hydroxylation is 2. The third-order valence-electron chi connectivity index (χ3n) is 3.55. The summed E-state index contributed by atoms with van der Waals surface area (Å²) in [6.07, 6.45) is -1.16. The van der Waals surface area contributed by atoms with E-state index in [0.29, 0.717) is 5.56 Å². The van der Waals surface area contributed by atoms with Gasteiger partial charge in [0.05, 0.1) is 17.6 Å². The zero-order valence-corrected chi connectivity index (χ0v) is 13.4. The Balaban J connectivity index is 2.13. The molecular weight excluding hydrogens is 303 g/mol. The monoisotopic (exact) mass is 322 g/mol. The molecule has 0 aliphatic heterocycles. The number of hydrogen-bond donors (Lipinski definition) is 1. The molecule has 2 rings (SSSR count). The van der Waals surface area contributed by atoms with Crippen molar-refractivity contribution >= 4 is 9.84 Å². The van der Waals surface area contributed by atoms with Crippen LogP contribution in [0.1, 0.15) is 28.4 Å². The minimum absolute atomic E-state index is 0.112. The van der Waals surface area contributed by atoms with Gasteiger partial charge in [0.25, 0.3) is 0 Å². The highest BCUT2D eigenvalue weighted by Crippen LogP contribution is 2.20. The third-order valence-corrected chi connectivity index (χ3v) is 5.12. The summed E-state index contributed by atoms with van der Waals surface area (Å²) >= 11 is 0. The molecule has 2 aromatic rings. The molecule has 0 bridgehead atoms. The van der Waals surface area contributed by atoms with Crippen LogP contribution in [0.25, 0.3) is 0 Å². The summed E-state index contributed by atoms with van der Waals surface area (Å²) in [6.45, 7) is 3.77. The van der Waals surface area contributed by atoms with Crippen LogP contribution in [0.15, 0.2) is 42.5 Å². The summed E-state index contributed by atoms with van der Waals surface area (Å²) in [5, 5.41) is 10.0. The zero-order valence-electron chi connectivity index (χ0n) is 12.6. The van der Waals surface area contributed by atoms with Gasteiger partial charge in [-0.05, 0) is 42.7 Å². The lowest BCUT2D eigenvalue weighted by atomic mass is 10.1. The topological polar surface area (TPSA) is 54.4 Å². The molecule has 0 saturated carbocycles. The smallest absolute Gasteiger partial charge is 0.157 e. The maximum Gasteiger partial charge on any atom is 0.157 e. The Bertz CT molecular complexity index is 752. The van der Waals surface area contributed by atoms with E-state index in [0.717, 1.165) is 16.7 Å². The molecule has 0 radical (unpaired) electrons. The first-order valence-corrected chi connectivity index (χ1v) is 8.79. The van der Waals surface area contributed by atoms with Crippen molar-refractivity contribution in [3.8, 4) is 0 Å². The SMILES string of the molecule is Cc1ccc(C)c(CS(=O)(=O)CC(O)c2ccc(F)cc2)c1. The highest BCUT2D eigenvalue weighted by atomic mass is 32.2. The predicted octanol–water partition coefficient (Wildman–Crippen LogP) is 3.09. The van der Waals surface area contributed by atoms with E-state index in [-0.39, 0.29) is 11.5 Å². The van der Waals surface area contributed by atoms with Crippen LogP contribution in [0.5, 0.6) is 0 Å². The van der Waals surface area contributed by atoms with Crippen LogP contribution in [0.4, 0.5) is 4.39 Å². The molecule has 118 valence electrons. The van der Waals surface area contributed by atoms with Crippen LogP contribution in [-0.4, -0.2) is 19.3 Å². The van der Waals surface area contributed by atoms with E-state index in [1.165, 1.54) is 24.3 Å². The van der Waals surface area contributed by atoms with Crippen molar-refractivity contribution in [1.82, 2.24) is 0 Å². The van der Waals surface area contributed by atoms with Gasteiger partial charge in [0.15, 0.2) is 9.84 Å². The van der Waals surface area contributed by atoms with E-state index in [1.807, 2.05) is 32.0 Å². The fourth-order valence-electron chi connectivity index (χ4n) is 2.27. The van der Waals surface area contributed by atoms with E-state index in [2.05, 4.69) is 0 Å². The van der Waals surface area contributed by atoms with Crippen LogP contribution >= 0.6 is 0 Å². The van der Waals surface area contributed by atoms with Gasteiger partial charge in [0.1, 0.15) is 5.82 Å². The van der Waals surface area contributed by atoms with Gasteiger partial charge in [-0.3, -0.25) is 0 Å². The standard InChI is InChI=1S/C17H19FO3S/c1-12-3-4-13(2)15(9-12)10-22(20,21)11-17(19)14-5-7-16(18)8-6-14/h3-9,17,19H,10-11H2,1-2H3. The number of rotatable bonds is 5. The number of aliphatic hydroxyl groups excluding tert-OH is 1. The van der Waals surface area contributed by atoms with Crippen molar-refractivity contribution in [2.45, 2.75) is 25.7 Å². The number of benzene rings is 2. The molecule has 3 nitrogen and oxygen atoms in total. The highest BCUT2D eigenvalue weighted by Gasteiger charge is 2.20. The number of halogens is 1. The summed E-state index contributed by atoms with van der Waals surface area (Å²) in [6, 6.07) is 10.9. The first kappa shape index (κ1) is 16.6. The second kappa shape index (κ2) is 6.58. The van der Waals surface area contributed by atoms with Crippen molar-refractivity contribution in [2.75, 3.05) is 5.75 Å². The Hall–Kier alpha value is -1.72. The summed E-state index contributed by atoms with van der Waals surface area (Å²) in [5.41, 5.74) is 3.04. The van der Waals surface area contributed by atoms with Crippen LogP contribution in [0.2, 0.25) is 0 Å². The average molecular weight is 322 g/mol. The first-order valence-electron chi connectivity index (χ1n) is 6.97. The molecule has 2 aromatic carbocycles. The molecule has 1 atom stereocenters. The lowest BCUT2D eigenvalue weighted by Crippen LogP contribution is -2.17. The molecule has 22 heavy (non-hydrogen) atoms. The average Bonchev–Trinajstić information content (AvgIpc) is 2.42. The fourth-order valence-corrected chi connectivity index (χ4v) is 3.85. The highest BCUT2D eigenvalue weighted by molar-refractivity contribution is 7.90. The Morgan fingerprint density at radius 2 is 1.73 bits per heavy atom. The van der Waals surface area contributed by atoms with E-state index in [9.17, 15) is 17.9 Å². The van der Waals surface area contributed by atoms with Crippen molar-refractivity contribution in [3.63, 3.8) is 0 Å². The predicted molar refractivity (Wildman–Crippen MR) is 84.8 cm³/mol. The van der Waals surface area contributed by atoms with Gasteiger partial charge in [-0.1, -0.05) is 35.9 Å². The minimum Gasteiger partial charge on any atom is -0.387 e. The quantitative estimate of drug-likeness (QED) is 0.920. The van der Waals surface area contributed by atoms with Gasteiger partial charge in [-0.2, -0.15) is 0 Å². The van der Waals surface area contributed by atoms with Gasteiger partial charge in [-0.15, -0.1) is 0 Å². The normalized spacial score (nSPS) is 13.1. The Morgan fingerprint density at radius 3 is 2.36 bits per heavy atom. The second-order valence-electron chi connectivity index (χ2n) is 5.55. The van der Waals surface area contributed by atoms with Gasteiger partial charge < -0.3 is 5.11 Å². The Labute approximate surface area is 130 Å². The molecular formula is C17H19FO3S. The summed E-state index contributed by atoms with van der Waals surface area (Å²) < 4.78 is 37.4. The molecule has 1 N–H and O–H groups in total. The fraction of sp³-hybridized carbons (Fsp3) is 0.294. The molecule has 0 fully saturated rings. The zero-order chi connectivity index (χ0) is 16.3. The summed E-state index contributed by atoms with van der Waals surface area (Å²) in [4.78, 5) is 0. The largest absolute Gasteiger partial charge is 0.387 e. The van der Waals surface area contributed by atoms with Crippen molar-refractivity contribution in [1.29, 1.82) is 0 Å². The number of hydrogen-bond acceptors (Lipinski definition) is 3. The number of sulfone groups is 1. The molecule has 0 saturated heterocycles. The lowest BCUT2D eigenvalue weighted by molar-refractivity contribution is 0.201. The molecule has 5 heteroatoms. The molecule has 0 amide bonds. The van der Waals surface area contributed by atoms with Crippen LogP contribution in [0, 0.1) is 19.7 Å². The van der Waals surface area contributed by atoms with Crippen LogP contribution < -0.4 is 0 Å². The molecule has 0 heterocycles. The Morgan fingerprint density at radius 1 is 1.09 bits per heavy atom. The van der Waals surface area contributed by atoms with Crippen LogP contribution in [0.3, 0.4) is 0 Å². The molecule has 1 unspecified atom stereocenters. The van der Waals surface area contributed by atoms with Gasteiger partial charge in [0.2, 0.25) is 0 Å². The third kappa shape index (κ3) is 4.39. The maximum absolute atomic E-state index is 12.9. The lowest BCUT2D eigenvalue weighted by Gasteiger charge is -2.13. The second-order valence-corrected chi connectivity index (χ2v) is 7.66. The molecule has 0 aliphatic rings. The minimum atomic E-state index is -3.48. The number of aliphatic hydroxyl groups is 1. The Kier molecular flexibility index (Phi) is 4.98. The van der Waals surface area contributed by atoms with E-state index >= 15 is 0 Å². The van der Waals surface area contributed by atoms with Gasteiger partial charge in [0, 0.05) is 0 Å². The summed E-state index contributed by atoms with van der Waals surface area (Å²) in [7, 11) is -3.48.